The number of nitrogens with zero attached hydrogens (tertiary/aromatic N) is 1. The molecule has 0 unspecified atom stereocenters. The van der Waals surface area contributed by atoms with Gasteiger partial charge in [0.05, 0.1) is 27.5 Å². The highest BCUT2D eigenvalue weighted by Gasteiger charge is 2.14. The van der Waals surface area contributed by atoms with Gasteiger partial charge in [-0.25, -0.2) is 0 Å². The van der Waals surface area contributed by atoms with Crippen molar-refractivity contribution in [2.45, 2.75) is 0 Å². The fourth-order valence-electron chi connectivity index (χ4n) is 3.56. The summed E-state index contributed by atoms with van der Waals surface area (Å²) in [5.74, 6) is 6.24. The number of phenols is 1. The van der Waals surface area contributed by atoms with Crippen LogP contribution in [0, 0.1) is 0 Å². The third-order valence-electron chi connectivity index (χ3n) is 4.86. The summed E-state index contributed by atoms with van der Waals surface area (Å²) in [5, 5.41) is 11.7. The van der Waals surface area contributed by atoms with Gasteiger partial charge in [-0.3, -0.25) is 14.3 Å². The molecule has 0 aliphatic heterocycles. The molecule has 7 heteroatoms. The van der Waals surface area contributed by atoms with E-state index in [1.165, 1.54) is 16.8 Å². The normalized spacial score (nSPS) is 11.7. The Morgan fingerprint density at radius 1 is 0.815 bits per heavy atom. The van der Waals surface area contributed by atoms with Crippen LogP contribution in [0.1, 0.15) is 0 Å². The van der Waals surface area contributed by atoms with E-state index in [0.29, 0.717) is 48.6 Å². The average Bonchev–Trinajstić information content (AvgIpc) is 2.66. The fourth-order valence-corrected chi connectivity index (χ4v) is 3.73. The number of aromatic nitrogens is 2. The molecule has 0 atom stereocenters. The monoisotopic (exact) mass is 377 g/mol. The largest absolute Gasteiger partial charge is 0.508 e. The van der Waals surface area contributed by atoms with Crippen LogP contribution in [0.5, 0.6) is 5.75 Å². The van der Waals surface area contributed by atoms with Crippen LogP contribution in [0.2, 0.25) is 5.02 Å². The number of nitrogens with two attached hydrogens (primary N) is 1. The molecule has 4 N–H and O–H groups in total. The summed E-state index contributed by atoms with van der Waals surface area (Å²) in [5.41, 5.74) is 1.59. The molecule has 2 heterocycles. The van der Waals surface area contributed by atoms with Crippen molar-refractivity contribution in [1.29, 1.82) is 0 Å². The van der Waals surface area contributed by atoms with Crippen molar-refractivity contribution in [3.63, 3.8) is 0 Å². The van der Waals surface area contributed by atoms with Crippen molar-refractivity contribution in [2.75, 3.05) is 5.84 Å². The minimum absolute atomic E-state index is 0.00625. The fraction of sp³-hybridized carbons (Fsp3) is 0. The van der Waals surface area contributed by atoms with E-state index in [9.17, 15) is 14.7 Å². The molecular formula is C20H12ClN3O3. The van der Waals surface area contributed by atoms with Gasteiger partial charge in [0.15, 0.2) is 10.9 Å². The predicted octanol–water partition coefficient (Wildman–Crippen LogP) is 3.22. The Kier molecular flexibility index (Phi) is 3.06. The molecule has 5 aromatic rings. The lowest BCUT2D eigenvalue weighted by atomic mass is 10.0. The summed E-state index contributed by atoms with van der Waals surface area (Å²) >= 11 is 6.03. The lowest BCUT2D eigenvalue weighted by molar-refractivity contribution is 0.476. The lowest BCUT2D eigenvalue weighted by Crippen LogP contribution is -2.18. The number of rotatable bonds is 0. The second-order valence-corrected chi connectivity index (χ2v) is 6.90. The average molecular weight is 378 g/mol. The molecule has 0 fully saturated rings. The topological polar surface area (TPSA) is 101 Å². The zero-order chi connectivity index (χ0) is 18.9. The van der Waals surface area contributed by atoms with Gasteiger partial charge < -0.3 is 15.9 Å². The SMILES string of the molecule is Nn1c2ccc(Cl)cc2c(=O)c2cc3[nH]c4ccc(O)cc4c(=O)c3cc21. The summed E-state index contributed by atoms with van der Waals surface area (Å²) in [6.45, 7) is 0. The van der Waals surface area contributed by atoms with E-state index in [1.54, 1.807) is 36.4 Å². The Hall–Kier alpha value is -3.51. The number of fused-ring (bicyclic) bond motifs is 4. The van der Waals surface area contributed by atoms with Crippen LogP contribution in [0.3, 0.4) is 0 Å². The second kappa shape index (κ2) is 5.25. The Morgan fingerprint density at radius 3 is 2.33 bits per heavy atom. The van der Waals surface area contributed by atoms with E-state index in [0.717, 1.165) is 0 Å². The summed E-state index contributed by atoms with van der Waals surface area (Å²) in [6.07, 6.45) is 0. The van der Waals surface area contributed by atoms with Crippen LogP contribution < -0.4 is 16.7 Å². The van der Waals surface area contributed by atoms with Crippen molar-refractivity contribution in [1.82, 2.24) is 9.66 Å². The molecular weight excluding hydrogens is 366 g/mol. The first-order valence-corrected chi connectivity index (χ1v) is 8.53. The van der Waals surface area contributed by atoms with Crippen LogP contribution in [-0.2, 0) is 0 Å². The van der Waals surface area contributed by atoms with Gasteiger partial charge in [0, 0.05) is 21.2 Å². The van der Waals surface area contributed by atoms with Gasteiger partial charge in [-0.05, 0) is 48.5 Å². The van der Waals surface area contributed by atoms with Crippen LogP contribution in [0.15, 0.2) is 58.1 Å². The molecule has 0 saturated carbocycles. The zero-order valence-electron chi connectivity index (χ0n) is 13.8. The van der Waals surface area contributed by atoms with Crippen molar-refractivity contribution < 1.29 is 5.11 Å². The Balaban J connectivity index is 2.04. The summed E-state index contributed by atoms with van der Waals surface area (Å²) in [7, 11) is 0. The number of aromatic hydroxyl groups is 1. The number of H-pyrrole nitrogens is 1. The lowest BCUT2D eigenvalue weighted by Gasteiger charge is -2.12. The molecule has 2 aromatic heterocycles. The number of aromatic amines is 1. The molecule has 0 aliphatic rings. The van der Waals surface area contributed by atoms with Gasteiger partial charge >= 0.3 is 0 Å². The summed E-state index contributed by atoms with van der Waals surface area (Å²) in [4.78, 5) is 29.0. The van der Waals surface area contributed by atoms with Gasteiger partial charge in [0.1, 0.15) is 5.75 Å². The Bertz CT molecular complexity index is 1550. The highest BCUT2D eigenvalue weighted by atomic mass is 35.5. The minimum Gasteiger partial charge on any atom is -0.508 e. The number of phenolic OH excluding ortho intramolecular Hbond substituents is 1. The van der Waals surface area contributed by atoms with Crippen LogP contribution >= 0.6 is 11.6 Å². The van der Waals surface area contributed by atoms with E-state index in [1.807, 2.05) is 0 Å². The maximum atomic E-state index is 13.0. The first kappa shape index (κ1) is 15.7. The van der Waals surface area contributed by atoms with E-state index in [2.05, 4.69) is 4.98 Å². The van der Waals surface area contributed by atoms with Gasteiger partial charge in [0.2, 0.25) is 0 Å². The molecule has 0 bridgehead atoms. The van der Waals surface area contributed by atoms with E-state index in [-0.39, 0.29) is 16.6 Å². The summed E-state index contributed by atoms with van der Waals surface area (Å²) in [6, 6.07) is 12.7. The Morgan fingerprint density at radius 2 is 1.52 bits per heavy atom. The third kappa shape index (κ3) is 2.14. The van der Waals surface area contributed by atoms with Gasteiger partial charge in [-0.2, -0.15) is 0 Å². The first-order chi connectivity index (χ1) is 12.9. The van der Waals surface area contributed by atoms with Gasteiger partial charge in [-0.1, -0.05) is 11.6 Å². The smallest absolute Gasteiger partial charge is 0.197 e. The predicted molar refractivity (Wildman–Crippen MR) is 108 cm³/mol. The Labute approximate surface area is 156 Å². The second-order valence-electron chi connectivity index (χ2n) is 6.46. The number of halogens is 1. The van der Waals surface area contributed by atoms with E-state index >= 15 is 0 Å². The molecule has 5 rings (SSSR count). The van der Waals surface area contributed by atoms with Gasteiger partial charge in [0.25, 0.3) is 0 Å². The number of pyridine rings is 2. The van der Waals surface area contributed by atoms with Crippen molar-refractivity contribution in [3.8, 4) is 5.75 Å². The molecule has 0 aliphatic carbocycles. The van der Waals surface area contributed by atoms with Crippen molar-refractivity contribution >= 4 is 55.2 Å². The number of hydrogen-bond donors (Lipinski definition) is 3. The maximum Gasteiger partial charge on any atom is 0.197 e. The number of benzene rings is 3. The number of nitrogen functional groups attached to an aromatic ring is 1. The van der Waals surface area contributed by atoms with E-state index in [4.69, 9.17) is 17.4 Å². The highest BCUT2D eigenvalue weighted by Crippen LogP contribution is 2.25. The zero-order valence-corrected chi connectivity index (χ0v) is 14.5. The van der Waals surface area contributed by atoms with Crippen molar-refractivity contribution in [2.24, 2.45) is 0 Å². The van der Waals surface area contributed by atoms with E-state index < -0.39 is 0 Å². The molecule has 27 heavy (non-hydrogen) atoms. The van der Waals surface area contributed by atoms with Crippen molar-refractivity contribution in [3.05, 3.63) is 74.0 Å². The van der Waals surface area contributed by atoms with Gasteiger partial charge in [-0.15, -0.1) is 0 Å². The van der Waals surface area contributed by atoms with Crippen LogP contribution in [-0.4, -0.2) is 14.8 Å². The molecule has 0 radical (unpaired) electrons. The number of nitrogens with one attached hydrogen (secondary N) is 1. The summed E-state index contributed by atoms with van der Waals surface area (Å²) < 4.78 is 1.38. The highest BCUT2D eigenvalue weighted by molar-refractivity contribution is 6.31. The molecule has 3 aromatic carbocycles. The maximum absolute atomic E-state index is 13.0. The minimum atomic E-state index is -0.250. The first-order valence-electron chi connectivity index (χ1n) is 8.16. The molecule has 6 nitrogen and oxygen atoms in total. The molecule has 132 valence electrons. The quantitative estimate of drug-likeness (QED) is 0.285. The standard InChI is InChI=1S/C20H12ClN3O3/c21-9-1-4-17-13(5-9)20(27)14-7-16-12(8-18(14)24(17)22)19(26)11-6-10(25)2-3-15(11)23-16/h1-8,25H,22H2,(H,23,26). The third-order valence-corrected chi connectivity index (χ3v) is 5.10. The molecule has 0 spiro atoms. The molecule has 0 saturated heterocycles. The van der Waals surface area contributed by atoms with Crippen LogP contribution in [0.25, 0.3) is 43.6 Å². The number of hydrogen-bond acceptors (Lipinski definition) is 4. The molecule has 0 amide bonds. The van der Waals surface area contributed by atoms with Crippen LogP contribution in [0.4, 0.5) is 0 Å².